The highest BCUT2D eigenvalue weighted by molar-refractivity contribution is 5.69. The number of aromatic nitrogens is 1. The number of aliphatic hydroxyl groups excluding tert-OH is 1. The van der Waals surface area contributed by atoms with Gasteiger partial charge in [0, 0.05) is 12.6 Å². The summed E-state index contributed by atoms with van der Waals surface area (Å²) in [6, 6.07) is 0. The minimum atomic E-state index is -1.20. The Labute approximate surface area is 247 Å². The Morgan fingerprint density at radius 3 is 2.36 bits per heavy atom. The quantitative estimate of drug-likeness (QED) is 0.219. The first-order valence-electron chi connectivity index (χ1n) is 14.7. The number of nitrogens with zero attached hydrogens (tertiary/aromatic N) is 1. The highest BCUT2D eigenvalue weighted by Crippen LogP contribution is 2.44. The standard InChI is InChI=1S/C32H46FNO8/c1-7-39-26(36)16-17-32(6)41-28-25(19-35)40-31(29(28)42-32)34-18-24(33)27(37)23(30(34)38)15-14-22(5)13-9-12-21(4)11-8-10-20(2)3/h10,12,14,18,25,28-29,31,35,37H,7-9,11,13,15-17,19H2,1-6H3/t25-,28?,29?,31-,32?/m1/s1. The second-order valence-corrected chi connectivity index (χ2v) is 11.5. The Hall–Kier alpha value is -2.79. The molecule has 2 saturated heterocycles. The van der Waals surface area contributed by atoms with Gasteiger partial charge in [0.15, 0.2) is 23.6 Å². The SMILES string of the molecule is CCOC(=O)CCC1(C)OC2C(O1)[C@@H](CO)O[C@H]2n1cc(F)c(O)c(CC=C(C)CCC=C(C)CCC=C(C)C)c1=O. The normalized spacial score (nSPS) is 25.9. The van der Waals surface area contributed by atoms with E-state index in [1.54, 1.807) is 13.8 Å². The van der Waals surface area contributed by atoms with Crippen LogP contribution in [-0.4, -0.2) is 58.1 Å². The maximum absolute atomic E-state index is 14.9. The molecule has 5 atom stereocenters. The number of ether oxygens (including phenoxy) is 4. The molecule has 3 rings (SSSR count). The lowest BCUT2D eigenvalue weighted by Gasteiger charge is -2.27. The highest BCUT2D eigenvalue weighted by atomic mass is 19.1. The van der Waals surface area contributed by atoms with Gasteiger partial charge in [-0.05, 0) is 73.6 Å². The summed E-state index contributed by atoms with van der Waals surface area (Å²) in [5, 5.41) is 20.4. The molecule has 1 aromatic heterocycles. The van der Waals surface area contributed by atoms with Crippen molar-refractivity contribution in [3.8, 4) is 5.75 Å². The van der Waals surface area contributed by atoms with Crippen molar-refractivity contribution in [3.05, 3.63) is 62.9 Å². The van der Waals surface area contributed by atoms with Crippen LogP contribution in [0, 0.1) is 5.82 Å². The van der Waals surface area contributed by atoms with Gasteiger partial charge in [0.1, 0.15) is 18.3 Å². The van der Waals surface area contributed by atoms with Gasteiger partial charge in [0.25, 0.3) is 5.56 Å². The van der Waals surface area contributed by atoms with Gasteiger partial charge in [-0.25, -0.2) is 4.39 Å². The lowest BCUT2D eigenvalue weighted by atomic mass is 10.0. The molecule has 2 N–H and O–H groups in total. The van der Waals surface area contributed by atoms with Crippen molar-refractivity contribution < 1.29 is 38.3 Å². The Morgan fingerprint density at radius 1 is 1.07 bits per heavy atom. The number of carbonyl (C=O) groups is 1. The van der Waals surface area contributed by atoms with E-state index in [1.165, 1.54) is 11.1 Å². The number of aromatic hydroxyl groups is 1. The molecule has 0 amide bonds. The fourth-order valence-corrected chi connectivity index (χ4v) is 5.26. The number of carbonyl (C=O) groups excluding carboxylic acids is 1. The van der Waals surface area contributed by atoms with Crippen molar-refractivity contribution in [1.82, 2.24) is 4.57 Å². The van der Waals surface area contributed by atoms with Crippen molar-refractivity contribution in [2.75, 3.05) is 13.2 Å². The molecule has 0 aliphatic carbocycles. The molecule has 0 saturated carbocycles. The van der Waals surface area contributed by atoms with Gasteiger partial charge in [-0.2, -0.15) is 0 Å². The van der Waals surface area contributed by atoms with E-state index in [9.17, 15) is 24.2 Å². The minimum absolute atomic E-state index is 0.0381. The van der Waals surface area contributed by atoms with Crippen molar-refractivity contribution >= 4 is 5.97 Å². The number of fused-ring (bicyclic) bond motifs is 1. The zero-order valence-corrected chi connectivity index (χ0v) is 25.7. The Morgan fingerprint density at radius 2 is 1.71 bits per heavy atom. The van der Waals surface area contributed by atoms with Crippen LogP contribution < -0.4 is 5.56 Å². The fraction of sp³-hybridized carbons (Fsp3) is 0.625. The van der Waals surface area contributed by atoms with E-state index in [2.05, 4.69) is 32.9 Å². The van der Waals surface area contributed by atoms with Crippen LogP contribution in [0.5, 0.6) is 5.75 Å². The predicted octanol–water partition coefficient (Wildman–Crippen LogP) is 5.39. The van der Waals surface area contributed by atoms with E-state index in [1.807, 2.05) is 13.0 Å². The number of halogens is 1. The number of aliphatic hydroxyl groups is 1. The lowest BCUT2D eigenvalue weighted by molar-refractivity contribution is -0.215. The molecule has 3 heterocycles. The first-order chi connectivity index (χ1) is 19.9. The predicted molar refractivity (Wildman–Crippen MR) is 156 cm³/mol. The molecule has 2 fully saturated rings. The van der Waals surface area contributed by atoms with Gasteiger partial charge in [-0.1, -0.05) is 34.9 Å². The molecule has 0 spiro atoms. The third kappa shape index (κ3) is 8.63. The molecule has 0 bridgehead atoms. The van der Waals surface area contributed by atoms with Crippen molar-refractivity contribution in [3.63, 3.8) is 0 Å². The van der Waals surface area contributed by atoms with Crippen LogP contribution in [0.25, 0.3) is 0 Å². The zero-order valence-electron chi connectivity index (χ0n) is 25.7. The molecular weight excluding hydrogens is 545 g/mol. The Bertz CT molecular complexity index is 1250. The van der Waals surface area contributed by atoms with Crippen molar-refractivity contribution in [2.45, 2.75) is 117 Å². The van der Waals surface area contributed by atoms with E-state index in [-0.39, 0.29) is 31.4 Å². The van der Waals surface area contributed by atoms with Gasteiger partial charge in [0.2, 0.25) is 0 Å². The summed E-state index contributed by atoms with van der Waals surface area (Å²) in [5.41, 5.74) is 2.92. The molecule has 3 unspecified atom stereocenters. The Kier molecular flexibility index (Phi) is 12.1. The zero-order chi connectivity index (χ0) is 31.0. The maximum atomic E-state index is 14.9. The molecular formula is C32H46FNO8. The molecule has 2 aliphatic rings. The highest BCUT2D eigenvalue weighted by Gasteiger charge is 2.57. The molecule has 10 heteroatoms. The number of rotatable bonds is 14. The summed E-state index contributed by atoms with van der Waals surface area (Å²) in [7, 11) is 0. The smallest absolute Gasteiger partial charge is 0.305 e. The minimum Gasteiger partial charge on any atom is -0.504 e. The van der Waals surface area contributed by atoms with Crippen LogP contribution in [0.3, 0.4) is 0 Å². The molecule has 0 aromatic carbocycles. The molecule has 9 nitrogen and oxygen atoms in total. The van der Waals surface area contributed by atoms with Gasteiger partial charge in [-0.15, -0.1) is 0 Å². The summed E-state index contributed by atoms with van der Waals surface area (Å²) in [6.45, 7) is 11.5. The largest absolute Gasteiger partial charge is 0.504 e. The maximum Gasteiger partial charge on any atom is 0.305 e. The summed E-state index contributed by atoms with van der Waals surface area (Å²) in [4.78, 5) is 25.4. The second-order valence-electron chi connectivity index (χ2n) is 11.5. The van der Waals surface area contributed by atoms with Crippen LogP contribution in [0.1, 0.15) is 91.9 Å². The summed E-state index contributed by atoms with van der Waals surface area (Å²) in [6.07, 6.45) is 7.49. The first-order valence-corrected chi connectivity index (χ1v) is 14.7. The third-order valence-electron chi connectivity index (χ3n) is 7.63. The number of hydrogen-bond donors (Lipinski definition) is 2. The number of esters is 1. The molecule has 2 aliphatic heterocycles. The van der Waals surface area contributed by atoms with Crippen LogP contribution in [-0.2, 0) is 30.2 Å². The topological polar surface area (TPSA) is 116 Å². The van der Waals surface area contributed by atoms with Crippen molar-refractivity contribution in [1.29, 1.82) is 0 Å². The molecule has 0 radical (unpaired) electrons. The average Bonchev–Trinajstić information content (AvgIpc) is 3.44. The first kappa shape index (κ1) is 33.7. The summed E-state index contributed by atoms with van der Waals surface area (Å²) < 4.78 is 39.0. The van der Waals surface area contributed by atoms with Crippen molar-refractivity contribution in [2.24, 2.45) is 0 Å². The summed E-state index contributed by atoms with van der Waals surface area (Å²) in [5.74, 6) is -3.27. The Balaban J connectivity index is 1.74. The van der Waals surface area contributed by atoms with Gasteiger partial charge >= 0.3 is 5.97 Å². The van der Waals surface area contributed by atoms with E-state index in [4.69, 9.17) is 18.9 Å². The molecule has 42 heavy (non-hydrogen) atoms. The van der Waals surface area contributed by atoms with E-state index in [0.29, 0.717) is 0 Å². The van der Waals surface area contributed by atoms with Gasteiger partial charge < -0.3 is 29.2 Å². The monoisotopic (exact) mass is 591 g/mol. The second kappa shape index (κ2) is 15.1. The number of allylic oxidation sites excluding steroid dienone is 6. The average molecular weight is 592 g/mol. The van der Waals surface area contributed by atoms with E-state index in [0.717, 1.165) is 42.0 Å². The van der Waals surface area contributed by atoms with Gasteiger partial charge in [0.05, 0.1) is 25.2 Å². The summed E-state index contributed by atoms with van der Waals surface area (Å²) >= 11 is 0. The van der Waals surface area contributed by atoms with Gasteiger partial charge in [-0.3, -0.25) is 14.2 Å². The van der Waals surface area contributed by atoms with Crippen LogP contribution >= 0.6 is 0 Å². The number of hydrogen-bond acceptors (Lipinski definition) is 8. The van der Waals surface area contributed by atoms with Crippen LogP contribution in [0.15, 0.2) is 45.9 Å². The van der Waals surface area contributed by atoms with E-state index >= 15 is 0 Å². The molecule has 234 valence electrons. The lowest BCUT2D eigenvalue weighted by Crippen LogP contribution is -2.36. The fourth-order valence-electron chi connectivity index (χ4n) is 5.26. The van der Waals surface area contributed by atoms with Crippen LogP contribution in [0.4, 0.5) is 4.39 Å². The van der Waals surface area contributed by atoms with E-state index < -0.39 is 60.0 Å². The number of pyridine rings is 1. The molecule has 1 aromatic rings. The van der Waals surface area contributed by atoms with Crippen LogP contribution in [0.2, 0.25) is 0 Å². The third-order valence-corrected chi connectivity index (χ3v) is 7.63.